The number of hydrazine groups is 1. The van der Waals surface area contributed by atoms with Gasteiger partial charge in [-0.05, 0) is 30.9 Å². The summed E-state index contributed by atoms with van der Waals surface area (Å²) in [5.74, 6) is 7.37. The first kappa shape index (κ1) is 14.8. The maximum atomic E-state index is 12.0. The zero-order valence-corrected chi connectivity index (χ0v) is 11.6. The van der Waals surface area contributed by atoms with Gasteiger partial charge in [-0.3, -0.25) is 15.6 Å². The lowest BCUT2D eigenvalue weighted by Crippen LogP contribution is -2.33. The van der Waals surface area contributed by atoms with Crippen molar-refractivity contribution in [1.29, 1.82) is 0 Å². The molecule has 1 aromatic heterocycles. The van der Waals surface area contributed by atoms with Gasteiger partial charge >= 0.3 is 0 Å². The molecule has 0 fully saturated rings. The number of thioether (sulfide) groups is 1. The number of carbonyl (C=O) groups is 1. The summed E-state index contributed by atoms with van der Waals surface area (Å²) in [4.78, 5) is 15.9. The van der Waals surface area contributed by atoms with Crippen LogP contribution in [0.25, 0.3) is 0 Å². The van der Waals surface area contributed by atoms with Crippen molar-refractivity contribution in [3.63, 3.8) is 0 Å². The number of nitrogens with zero attached hydrogens (tertiary/aromatic N) is 1. The van der Waals surface area contributed by atoms with Crippen molar-refractivity contribution in [3.05, 3.63) is 24.0 Å². The zero-order valence-electron chi connectivity index (χ0n) is 10.8. The Morgan fingerprint density at radius 1 is 1.61 bits per heavy atom. The monoisotopic (exact) mass is 268 g/mol. The first-order valence-electron chi connectivity index (χ1n) is 5.98. The van der Waals surface area contributed by atoms with Gasteiger partial charge in [0.05, 0.1) is 17.4 Å². The van der Waals surface area contributed by atoms with Crippen LogP contribution in [0.4, 0.5) is 5.69 Å². The fourth-order valence-corrected chi connectivity index (χ4v) is 2.29. The second-order valence-corrected chi connectivity index (χ2v) is 5.32. The third-order valence-corrected chi connectivity index (χ3v) is 3.43. The van der Waals surface area contributed by atoms with Crippen molar-refractivity contribution in [2.45, 2.75) is 26.3 Å². The van der Waals surface area contributed by atoms with E-state index in [2.05, 4.69) is 22.7 Å². The minimum Gasteiger partial charge on any atom is -0.349 e. The normalized spacial score (nSPS) is 11.9. The van der Waals surface area contributed by atoms with E-state index in [0.29, 0.717) is 11.3 Å². The molecule has 6 heteroatoms. The van der Waals surface area contributed by atoms with E-state index in [-0.39, 0.29) is 11.9 Å². The molecule has 100 valence electrons. The maximum absolute atomic E-state index is 12.0. The number of hydrogen-bond acceptors (Lipinski definition) is 5. The number of nitrogen functional groups attached to an aromatic ring is 1. The van der Waals surface area contributed by atoms with Crippen LogP contribution in [0.2, 0.25) is 0 Å². The van der Waals surface area contributed by atoms with Crippen LogP contribution < -0.4 is 16.6 Å². The van der Waals surface area contributed by atoms with E-state index >= 15 is 0 Å². The van der Waals surface area contributed by atoms with Gasteiger partial charge in [0, 0.05) is 12.2 Å². The topological polar surface area (TPSA) is 80.0 Å². The molecule has 1 heterocycles. The molecule has 0 radical (unpaired) electrons. The number of carbonyl (C=O) groups excluding carboxylic acids is 1. The van der Waals surface area contributed by atoms with E-state index in [0.717, 1.165) is 17.9 Å². The first-order valence-corrected chi connectivity index (χ1v) is 7.13. The van der Waals surface area contributed by atoms with Gasteiger partial charge in [0.15, 0.2) is 0 Å². The standard InChI is InChI=1S/C12H20N4OS/c1-3-18-7-5-9(2)15-12(17)10-4-6-14-8-11(10)16-13/h4,6,8-9,16H,3,5,7,13H2,1-2H3,(H,15,17). The molecule has 0 aliphatic carbocycles. The second-order valence-electron chi connectivity index (χ2n) is 3.93. The summed E-state index contributed by atoms with van der Waals surface area (Å²) >= 11 is 1.87. The molecule has 1 atom stereocenters. The average Bonchev–Trinajstić information content (AvgIpc) is 2.39. The number of aromatic nitrogens is 1. The fraction of sp³-hybridized carbons (Fsp3) is 0.500. The summed E-state index contributed by atoms with van der Waals surface area (Å²) in [6.45, 7) is 4.13. The number of anilines is 1. The van der Waals surface area contributed by atoms with Crippen molar-refractivity contribution in [3.8, 4) is 0 Å². The smallest absolute Gasteiger partial charge is 0.253 e. The average molecular weight is 268 g/mol. The van der Waals surface area contributed by atoms with Gasteiger partial charge in [-0.2, -0.15) is 11.8 Å². The van der Waals surface area contributed by atoms with Crippen LogP contribution >= 0.6 is 11.8 Å². The Kier molecular flexibility index (Phi) is 6.53. The molecule has 1 aromatic rings. The zero-order chi connectivity index (χ0) is 13.4. The number of nitrogens with one attached hydrogen (secondary N) is 2. The van der Waals surface area contributed by atoms with Gasteiger partial charge in [0.1, 0.15) is 0 Å². The number of rotatable bonds is 7. The van der Waals surface area contributed by atoms with Crippen LogP contribution in [0.3, 0.4) is 0 Å². The van der Waals surface area contributed by atoms with Gasteiger partial charge in [0.2, 0.25) is 0 Å². The first-order chi connectivity index (χ1) is 8.69. The lowest BCUT2D eigenvalue weighted by atomic mass is 10.2. The minimum absolute atomic E-state index is 0.126. The van der Waals surface area contributed by atoms with Crippen LogP contribution in [-0.4, -0.2) is 28.4 Å². The molecule has 0 aliphatic heterocycles. The van der Waals surface area contributed by atoms with Gasteiger partial charge in [-0.15, -0.1) is 0 Å². The lowest BCUT2D eigenvalue weighted by molar-refractivity contribution is 0.0940. The molecule has 0 bridgehead atoms. The van der Waals surface area contributed by atoms with E-state index in [9.17, 15) is 4.79 Å². The summed E-state index contributed by atoms with van der Waals surface area (Å²) in [7, 11) is 0. The summed E-state index contributed by atoms with van der Waals surface area (Å²) in [5.41, 5.74) is 3.52. The summed E-state index contributed by atoms with van der Waals surface area (Å²) in [6.07, 6.45) is 4.07. The maximum Gasteiger partial charge on any atom is 0.253 e. The van der Waals surface area contributed by atoms with E-state index in [1.165, 1.54) is 6.20 Å². The Morgan fingerprint density at radius 2 is 2.39 bits per heavy atom. The third-order valence-electron chi connectivity index (χ3n) is 2.50. The molecular formula is C12H20N4OS. The van der Waals surface area contributed by atoms with Crippen LogP contribution in [0, 0.1) is 0 Å². The Morgan fingerprint density at radius 3 is 3.06 bits per heavy atom. The number of nitrogens with two attached hydrogens (primary N) is 1. The Labute approximate surface area is 112 Å². The molecular weight excluding hydrogens is 248 g/mol. The van der Waals surface area contributed by atoms with Crippen molar-refractivity contribution < 1.29 is 4.79 Å². The molecule has 5 nitrogen and oxygen atoms in total. The highest BCUT2D eigenvalue weighted by Gasteiger charge is 2.13. The molecule has 1 unspecified atom stereocenters. The van der Waals surface area contributed by atoms with Crippen molar-refractivity contribution in [1.82, 2.24) is 10.3 Å². The highest BCUT2D eigenvalue weighted by molar-refractivity contribution is 7.99. The van der Waals surface area contributed by atoms with Crippen LogP contribution in [-0.2, 0) is 0 Å². The van der Waals surface area contributed by atoms with Crippen LogP contribution in [0.15, 0.2) is 18.5 Å². The number of amides is 1. The van der Waals surface area contributed by atoms with Crippen LogP contribution in [0.1, 0.15) is 30.6 Å². The minimum atomic E-state index is -0.126. The van der Waals surface area contributed by atoms with Gasteiger partial charge in [-0.25, -0.2) is 0 Å². The van der Waals surface area contributed by atoms with Gasteiger partial charge < -0.3 is 10.7 Å². The SMILES string of the molecule is CCSCCC(C)NC(=O)c1ccncc1NN. The Balaban J connectivity index is 2.54. The number of hydrogen-bond donors (Lipinski definition) is 3. The molecule has 0 spiro atoms. The molecule has 0 aliphatic rings. The van der Waals surface area contributed by atoms with Gasteiger partial charge in [0.25, 0.3) is 5.91 Å². The predicted molar refractivity (Wildman–Crippen MR) is 76.6 cm³/mol. The van der Waals surface area contributed by atoms with E-state index in [1.807, 2.05) is 18.7 Å². The molecule has 0 aromatic carbocycles. The van der Waals surface area contributed by atoms with E-state index in [4.69, 9.17) is 5.84 Å². The summed E-state index contributed by atoms with van der Waals surface area (Å²) in [5, 5.41) is 2.95. The summed E-state index contributed by atoms with van der Waals surface area (Å²) in [6, 6.07) is 1.80. The third kappa shape index (κ3) is 4.54. The van der Waals surface area contributed by atoms with Crippen molar-refractivity contribution >= 4 is 23.4 Å². The predicted octanol–water partition coefficient (Wildman–Crippen LogP) is 1.63. The van der Waals surface area contributed by atoms with E-state index in [1.54, 1.807) is 12.3 Å². The highest BCUT2D eigenvalue weighted by Crippen LogP contribution is 2.12. The summed E-state index contributed by atoms with van der Waals surface area (Å²) < 4.78 is 0. The largest absolute Gasteiger partial charge is 0.349 e. The molecule has 18 heavy (non-hydrogen) atoms. The highest BCUT2D eigenvalue weighted by atomic mass is 32.2. The quantitative estimate of drug-likeness (QED) is 0.398. The molecule has 0 saturated heterocycles. The molecule has 4 N–H and O–H groups in total. The number of pyridine rings is 1. The van der Waals surface area contributed by atoms with Crippen LogP contribution in [0.5, 0.6) is 0 Å². The van der Waals surface area contributed by atoms with Crippen molar-refractivity contribution in [2.75, 3.05) is 16.9 Å². The second kappa shape index (κ2) is 7.94. The molecule has 1 amide bonds. The van der Waals surface area contributed by atoms with Crippen molar-refractivity contribution in [2.24, 2.45) is 5.84 Å². The Hall–Kier alpha value is -1.27. The molecule has 1 rings (SSSR count). The van der Waals surface area contributed by atoms with E-state index < -0.39 is 0 Å². The lowest BCUT2D eigenvalue weighted by Gasteiger charge is -2.14. The fourth-order valence-electron chi connectivity index (χ4n) is 1.49. The van der Waals surface area contributed by atoms with Gasteiger partial charge in [-0.1, -0.05) is 6.92 Å². The molecule has 0 saturated carbocycles. The Bertz CT molecular complexity index is 386.